The molecule has 3 atom stereocenters. The van der Waals surface area contributed by atoms with Crippen LogP contribution in [0, 0.1) is 5.92 Å². The van der Waals surface area contributed by atoms with Crippen LogP contribution in [0.2, 0.25) is 0 Å². The van der Waals surface area contributed by atoms with E-state index in [2.05, 4.69) is 0 Å². The maximum absolute atomic E-state index is 11.6. The molecule has 1 aromatic rings. The summed E-state index contributed by atoms with van der Waals surface area (Å²) < 4.78 is 5.46. The average Bonchev–Trinajstić information content (AvgIpc) is 3.10. The molecule has 1 amide bonds. The fraction of sp³-hybridized carbons (Fsp3) is 0.647. The Balaban J connectivity index is 1.88. The number of hydroxylamine groups is 2. The molecule has 2 heterocycles. The zero-order valence-corrected chi connectivity index (χ0v) is 14.7. The van der Waals surface area contributed by atoms with Crippen molar-refractivity contribution in [2.24, 2.45) is 5.92 Å². The molecule has 3 unspecified atom stereocenters. The van der Waals surface area contributed by atoms with E-state index in [1.807, 2.05) is 17.5 Å². The van der Waals surface area contributed by atoms with Gasteiger partial charge in [0.1, 0.15) is 0 Å². The first-order valence-electron chi connectivity index (χ1n) is 8.39. The SMILES string of the molecule is CC(C(CCCc1cccs1)C(=O)O)N(C=O)OC1CCCCO1. The van der Waals surface area contributed by atoms with Crippen LogP contribution in [-0.2, 0) is 25.6 Å². The van der Waals surface area contributed by atoms with Crippen molar-refractivity contribution >= 4 is 23.7 Å². The molecule has 7 heteroatoms. The summed E-state index contributed by atoms with van der Waals surface area (Å²) in [7, 11) is 0. The second-order valence-corrected chi connectivity index (χ2v) is 7.06. The Morgan fingerprint density at radius 3 is 3.00 bits per heavy atom. The van der Waals surface area contributed by atoms with Crippen LogP contribution >= 0.6 is 11.3 Å². The predicted molar refractivity (Wildman–Crippen MR) is 90.4 cm³/mol. The lowest BCUT2D eigenvalue weighted by molar-refractivity contribution is -0.288. The molecule has 1 aliphatic heterocycles. The van der Waals surface area contributed by atoms with E-state index in [9.17, 15) is 14.7 Å². The molecule has 0 saturated carbocycles. The van der Waals surface area contributed by atoms with E-state index in [0.29, 0.717) is 25.9 Å². The zero-order valence-electron chi connectivity index (χ0n) is 13.9. The molecular formula is C17H25NO5S. The summed E-state index contributed by atoms with van der Waals surface area (Å²) in [4.78, 5) is 29.8. The van der Waals surface area contributed by atoms with Crippen molar-refractivity contribution in [2.75, 3.05) is 6.61 Å². The molecule has 1 aliphatic rings. The van der Waals surface area contributed by atoms with Crippen LogP contribution in [0.5, 0.6) is 0 Å². The summed E-state index contributed by atoms with van der Waals surface area (Å²) in [5.74, 6) is -1.58. The van der Waals surface area contributed by atoms with E-state index in [0.717, 1.165) is 30.7 Å². The summed E-state index contributed by atoms with van der Waals surface area (Å²) in [6.45, 7) is 2.32. The van der Waals surface area contributed by atoms with E-state index in [1.165, 1.54) is 4.88 Å². The van der Waals surface area contributed by atoms with Crippen LogP contribution in [0.4, 0.5) is 0 Å². The number of aliphatic carboxylic acids is 1. The molecule has 0 radical (unpaired) electrons. The molecule has 0 aliphatic carbocycles. The highest BCUT2D eigenvalue weighted by Gasteiger charge is 2.31. The standard InChI is InChI=1S/C17H25NO5S/c1-13(18(12-19)23-16-9-2-3-10-22-16)15(17(20)21)8-4-6-14-7-5-11-24-14/h5,7,11-13,15-16H,2-4,6,8-10H2,1H3,(H,20,21). The second-order valence-electron chi connectivity index (χ2n) is 6.02. The number of thiophene rings is 1. The van der Waals surface area contributed by atoms with Crippen LogP contribution in [0.1, 0.15) is 43.9 Å². The number of rotatable bonds is 10. The number of carbonyl (C=O) groups excluding carboxylic acids is 1. The van der Waals surface area contributed by atoms with Crippen LogP contribution in [-0.4, -0.2) is 41.5 Å². The molecule has 1 aromatic heterocycles. The van der Waals surface area contributed by atoms with Gasteiger partial charge in [0, 0.05) is 17.9 Å². The van der Waals surface area contributed by atoms with Gasteiger partial charge in [0.05, 0.1) is 12.0 Å². The Bertz CT molecular complexity index is 501. The van der Waals surface area contributed by atoms with Gasteiger partial charge in [-0.1, -0.05) is 6.07 Å². The molecule has 134 valence electrons. The van der Waals surface area contributed by atoms with Crippen LogP contribution < -0.4 is 0 Å². The number of aryl methyl sites for hydroxylation is 1. The van der Waals surface area contributed by atoms with Gasteiger partial charge in [-0.3, -0.25) is 9.59 Å². The van der Waals surface area contributed by atoms with Gasteiger partial charge >= 0.3 is 5.97 Å². The molecule has 0 aromatic carbocycles. The Kier molecular flexibility index (Phi) is 7.68. The lowest BCUT2D eigenvalue weighted by Gasteiger charge is -2.33. The fourth-order valence-electron chi connectivity index (χ4n) is 2.85. The zero-order chi connectivity index (χ0) is 17.4. The molecule has 1 saturated heterocycles. The number of nitrogens with zero attached hydrogens (tertiary/aromatic N) is 1. The topological polar surface area (TPSA) is 76.1 Å². The van der Waals surface area contributed by atoms with E-state index in [4.69, 9.17) is 9.57 Å². The third-order valence-electron chi connectivity index (χ3n) is 4.30. The Morgan fingerprint density at radius 2 is 2.42 bits per heavy atom. The molecule has 24 heavy (non-hydrogen) atoms. The fourth-order valence-corrected chi connectivity index (χ4v) is 3.60. The number of carboxylic acid groups (broad SMARTS) is 1. The van der Waals surface area contributed by atoms with Crippen molar-refractivity contribution in [2.45, 2.75) is 57.8 Å². The molecule has 1 fully saturated rings. The Morgan fingerprint density at radius 1 is 1.58 bits per heavy atom. The third-order valence-corrected chi connectivity index (χ3v) is 5.24. The number of carbonyl (C=O) groups is 2. The lowest BCUT2D eigenvalue weighted by Crippen LogP contribution is -2.44. The number of hydrogen-bond acceptors (Lipinski definition) is 5. The normalized spacial score (nSPS) is 20.3. The van der Waals surface area contributed by atoms with Gasteiger partial charge in [0.25, 0.3) is 0 Å². The van der Waals surface area contributed by atoms with Gasteiger partial charge in [-0.05, 0) is 50.5 Å². The van der Waals surface area contributed by atoms with Gasteiger partial charge in [0.15, 0.2) is 6.29 Å². The van der Waals surface area contributed by atoms with Crippen molar-refractivity contribution in [3.05, 3.63) is 22.4 Å². The minimum absolute atomic E-state index is 0.466. The Hall–Kier alpha value is -1.44. The highest BCUT2D eigenvalue weighted by atomic mass is 32.1. The molecule has 0 bridgehead atoms. The van der Waals surface area contributed by atoms with Crippen molar-refractivity contribution in [1.29, 1.82) is 0 Å². The predicted octanol–water partition coefficient (Wildman–Crippen LogP) is 3.08. The summed E-state index contributed by atoms with van der Waals surface area (Å²) in [5, 5.41) is 12.6. The first-order chi connectivity index (χ1) is 11.6. The monoisotopic (exact) mass is 355 g/mol. The number of hydrogen-bond donors (Lipinski definition) is 1. The van der Waals surface area contributed by atoms with Gasteiger partial charge in [-0.2, -0.15) is 0 Å². The van der Waals surface area contributed by atoms with Gasteiger partial charge in [-0.25, -0.2) is 9.90 Å². The Labute approximate surface area is 146 Å². The highest BCUT2D eigenvalue weighted by molar-refractivity contribution is 7.09. The maximum atomic E-state index is 11.6. The van der Waals surface area contributed by atoms with Gasteiger partial charge < -0.3 is 9.84 Å². The van der Waals surface area contributed by atoms with E-state index in [1.54, 1.807) is 18.3 Å². The second kappa shape index (κ2) is 9.76. The smallest absolute Gasteiger partial charge is 0.308 e. The molecule has 0 spiro atoms. The van der Waals surface area contributed by atoms with E-state index >= 15 is 0 Å². The van der Waals surface area contributed by atoms with Crippen molar-refractivity contribution in [3.63, 3.8) is 0 Å². The average molecular weight is 355 g/mol. The number of ether oxygens (including phenoxy) is 1. The van der Waals surface area contributed by atoms with Crippen molar-refractivity contribution in [1.82, 2.24) is 5.06 Å². The number of carboxylic acids is 1. The maximum Gasteiger partial charge on any atom is 0.308 e. The summed E-state index contributed by atoms with van der Waals surface area (Å²) in [5.41, 5.74) is 0. The van der Waals surface area contributed by atoms with E-state index < -0.39 is 24.2 Å². The van der Waals surface area contributed by atoms with Crippen molar-refractivity contribution < 1.29 is 24.3 Å². The largest absolute Gasteiger partial charge is 0.481 e. The van der Waals surface area contributed by atoms with Crippen molar-refractivity contribution in [3.8, 4) is 0 Å². The summed E-state index contributed by atoms with van der Waals surface area (Å²) >= 11 is 1.67. The molecule has 6 nitrogen and oxygen atoms in total. The quantitative estimate of drug-likeness (QED) is 0.516. The minimum Gasteiger partial charge on any atom is -0.481 e. The van der Waals surface area contributed by atoms with Gasteiger partial charge in [-0.15, -0.1) is 11.3 Å². The molecule has 2 rings (SSSR count). The van der Waals surface area contributed by atoms with Crippen LogP contribution in [0.15, 0.2) is 17.5 Å². The lowest BCUT2D eigenvalue weighted by atomic mass is 9.94. The first kappa shape index (κ1) is 18.9. The summed E-state index contributed by atoms with van der Waals surface area (Å²) in [6, 6.07) is 3.49. The first-order valence-corrected chi connectivity index (χ1v) is 9.27. The van der Waals surface area contributed by atoms with Crippen LogP contribution in [0.25, 0.3) is 0 Å². The minimum atomic E-state index is -0.909. The third kappa shape index (κ3) is 5.58. The van der Waals surface area contributed by atoms with E-state index in [-0.39, 0.29) is 0 Å². The molecule has 1 N–H and O–H groups in total. The molecular weight excluding hydrogens is 330 g/mol. The van der Waals surface area contributed by atoms with Gasteiger partial charge in [0.2, 0.25) is 6.41 Å². The summed E-state index contributed by atoms with van der Waals surface area (Å²) in [6.07, 6.45) is 4.87. The highest BCUT2D eigenvalue weighted by Crippen LogP contribution is 2.22. The number of amides is 1. The van der Waals surface area contributed by atoms with Crippen LogP contribution in [0.3, 0.4) is 0 Å².